The second-order valence-electron chi connectivity index (χ2n) is 0.761. The molecule has 0 fully saturated rings. The monoisotopic (exact) mass is 122 g/mol. The first-order chi connectivity index (χ1) is 3.91. The van der Waals surface area contributed by atoms with E-state index in [9.17, 15) is 0 Å². The van der Waals surface area contributed by atoms with Crippen molar-refractivity contribution >= 4 is 15.4 Å². The van der Waals surface area contributed by atoms with Gasteiger partial charge in [0.1, 0.15) is 0 Å². The number of hydrogen-bond donors (Lipinski definition) is 2. The van der Waals surface area contributed by atoms with E-state index in [0.717, 1.165) is 0 Å². The van der Waals surface area contributed by atoms with Crippen molar-refractivity contribution < 1.29 is 29.7 Å². The van der Waals surface area contributed by atoms with Crippen molar-refractivity contribution in [2.75, 3.05) is 0 Å². The predicted molar refractivity (Wildman–Crippen MR) is 23.9 cm³/mol. The van der Waals surface area contributed by atoms with Crippen LogP contribution >= 0.6 is 0 Å². The van der Waals surface area contributed by atoms with E-state index in [4.69, 9.17) is 10.5 Å². The van der Waals surface area contributed by atoms with Crippen LogP contribution in [0.1, 0.15) is 0 Å². The number of hydrogen-bond acceptors (Lipinski definition) is 6. The first kappa shape index (κ1) is 7.89. The lowest BCUT2D eigenvalue weighted by Crippen LogP contribution is -2.09. The molecule has 0 atom stereocenters. The largest absolute Gasteiger partial charge is 0.464 e. The molecule has 0 radical (unpaired) electrons. The van der Waals surface area contributed by atoms with Gasteiger partial charge in [-0.15, -0.1) is 0 Å². The zero-order valence-corrected chi connectivity index (χ0v) is 3.94. The van der Waals surface area contributed by atoms with Gasteiger partial charge in [-0.3, -0.25) is 10.1 Å². The van der Waals surface area contributed by atoms with E-state index in [-0.39, 0.29) is 15.4 Å². The highest BCUT2D eigenvalue weighted by molar-refractivity contribution is 6.33. The first-order valence-electron chi connectivity index (χ1n) is 1.69. The van der Waals surface area contributed by atoms with E-state index in [1.807, 2.05) is 0 Å². The summed E-state index contributed by atoms with van der Waals surface area (Å²) in [4.78, 5) is 7.23. The van der Waals surface area contributed by atoms with Gasteiger partial charge in [-0.25, -0.2) is 10.1 Å². The molecule has 0 spiro atoms. The maximum Gasteiger partial charge on any atom is 0.464 e. The first-order valence-corrected chi connectivity index (χ1v) is 1.69. The minimum atomic E-state index is -0.330. The lowest BCUT2D eigenvalue weighted by molar-refractivity contribution is -0.445. The van der Waals surface area contributed by atoms with Crippen LogP contribution in [0.4, 0.5) is 0 Å². The number of rotatable bonds is 5. The van der Waals surface area contributed by atoms with Crippen molar-refractivity contribution in [2.45, 2.75) is 0 Å². The van der Waals surface area contributed by atoms with Crippen LogP contribution in [0.3, 0.4) is 0 Å². The van der Waals surface area contributed by atoms with Crippen molar-refractivity contribution in [3.63, 3.8) is 0 Å². The molecule has 0 unspecified atom stereocenters. The second kappa shape index (κ2) is 6.89. The molecular weight excluding hydrogens is 118 g/mol. The lowest BCUT2D eigenvalue weighted by Gasteiger charge is -1.93. The fourth-order valence-electron chi connectivity index (χ4n) is 0.127. The molecule has 0 amide bonds. The van der Waals surface area contributed by atoms with Gasteiger partial charge in [0.2, 0.25) is 0 Å². The second-order valence-corrected chi connectivity index (χ2v) is 0.761. The van der Waals surface area contributed by atoms with Crippen LogP contribution in [0.15, 0.2) is 0 Å². The molecule has 0 saturated heterocycles. The van der Waals surface area contributed by atoms with Gasteiger partial charge in [0.15, 0.2) is 0 Å². The molecule has 2 N–H and O–H groups in total. The summed E-state index contributed by atoms with van der Waals surface area (Å²) in [6.45, 7) is 0. The Morgan fingerprint density at radius 2 is 1.88 bits per heavy atom. The summed E-state index contributed by atoms with van der Waals surface area (Å²) in [5, 5.41) is 18.2. The van der Waals surface area contributed by atoms with Crippen molar-refractivity contribution in [2.24, 2.45) is 0 Å². The third kappa shape index (κ3) is 5.89. The van der Waals surface area contributed by atoms with Crippen LogP contribution in [-0.4, -0.2) is 25.9 Å². The minimum Gasteiger partial charge on any atom is -0.453 e. The summed E-state index contributed by atoms with van der Waals surface area (Å²) in [7, 11) is -0.638. The average Bonchev–Trinajstić information content (AvgIpc) is 1.81. The van der Waals surface area contributed by atoms with Gasteiger partial charge < -0.3 is 4.57 Å². The van der Waals surface area contributed by atoms with Crippen LogP contribution in [0.25, 0.3) is 0 Å². The van der Waals surface area contributed by atoms with E-state index in [1.54, 1.807) is 0 Å². The molecule has 0 rings (SSSR count). The van der Waals surface area contributed by atoms with E-state index in [0.29, 0.717) is 0 Å². The molecule has 0 aromatic heterocycles. The summed E-state index contributed by atoms with van der Waals surface area (Å²) >= 11 is 0. The van der Waals surface area contributed by atoms with Crippen molar-refractivity contribution in [3.8, 4) is 0 Å². The van der Waals surface area contributed by atoms with Gasteiger partial charge in [0.25, 0.3) is 0 Å². The van der Waals surface area contributed by atoms with Gasteiger partial charge in [-0.2, -0.15) is 0 Å². The van der Waals surface area contributed by atoms with E-state index in [2.05, 4.69) is 19.2 Å². The molecule has 0 aromatic carbocycles. The molecule has 8 heavy (non-hydrogen) atoms. The topological polar surface area (TPSA) is 77.4 Å². The van der Waals surface area contributed by atoms with Crippen LogP contribution in [0, 0.1) is 0 Å². The summed E-state index contributed by atoms with van der Waals surface area (Å²) in [6.07, 6.45) is 0. The van der Waals surface area contributed by atoms with Gasteiger partial charge in [-0.1, -0.05) is 5.04 Å². The fourth-order valence-corrected chi connectivity index (χ4v) is 0.127. The standard InChI is InChI=1S/B2H4O6/c3-6-1-5-2-7-8-4/h1-4H. The van der Waals surface area contributed by atoms with Crippen LogP contribution in [0.2, 0.25) is 0 Å². The molecule has 46 valence electrons. The molecule has 8 heteroatoms. The Morgan fingerprint density at radius 1 is 1.12 bits per heavy atom. The Hall–Kier alpha value is -0.110. The zero-order valence-electron chi connectivity index (χ0n) is 3.94. The van der Waals surface area contributed by atoms with Crippen LogP contribution in [-0.2, 0) is 19.2 Å². The van der Waals surface area contributed by atoms with E-state index in [1.165, 1.54) is 0 Å². The van der Waals surface area contributed by atoms with Gasteiger partial charge in [0, 0.05) is 0 Å². The van der Waals surface area contributed by atoms with Gasteiger partial charge >= 0.3 is 15.4 Å². The normalized spacial score (nSPS) is 8.75. The van der Waals surface area contributed by atoms with E-state index >= 15 is 0 Å². The molecule has 6 nitrogen and oxygen atoms in total. The summed E-state index contributed by atoms with van der Waals surface area (Å²) in [5.74, 6) is 0. The lowest BCUT2D eigenvalue weighted by atomic mass is 10.3. The summed E-state index contributed by atoms with van der Waals surface area (Å²) < 4.78 is 4.24. The van der Waals surface area contributed by atoms with Crippen LogP contribution < -0.4 is 0 Å². The zero-order chi connectivity index (χ0) is 6.24. The highest BCUT2D eigenvalue weighted by atomic mass is 17.5. The molecule has 0 aromatic rings. The molecule has 0 bridgehead atoms. The highest BCUT2D eigenvalue weighted by Gasteiger charge is 1.93. The molecule has 0 aliphatic carbocycles. The predicted octanol–water partition coefficient (Wildman–Crippen LogP) is -1.55. The molecule has 0 heterocycles. The summed E-state index contributed by atoms with van der Waals surface area (Å²) in [5.41, 5.74) is 0. The Balaban J connectivity index is 2.53. The minimum absolute atomic E-state index is 0.308. The van der Waals surface area contributed by atoms with Crippen molar-refractivity contribution in [3.05, 3.63) is 0 Å². The molecule has 0 saturated carbocycles. The maximum atomic E-state index is 7.58. The SMILES string of the molecule is OOBOBOOO. The average molecular weight is 122 g/mol. The van der Waals surface area contributed by atoms with Crippen molar-refractivity contribution in [1.82, 2.24) is 0 Å². The van der Waals surface area contributed by atoms with E-state index < -0.39 is 0 Å². The fraction of sp³-hybridized carbons (Fsp3) is 0. The smallest absolute Gasteiger partial charge is 0.453 e. The van der Waals surface area contributed by atoms with Gasteiger partial charge in [0.05, 0.1) is 0 Å². The maximum absolute atomic E-state index is 7.58. The van der Waals surface area contributed by atoms with Crippen LogP contribution in [0.5, 0.6) is 0 Å². The third-order valence-corrected chi connectivity index (χ3v) is 0.320. The Bertz CT molecular complexity index is 31.5. The molecule has 0 aliphatic rings. The Morgan fingerprint density at radius 3 is 2.38 bits per heavy atom. The third-order valence-electron chi connectivity index (χ3n) is 0.320. The Kier molecular flexibility index (Phi) is 6.80. The quantitative estimate of drug-likeness (QED) is 0.199. The Labute approximate surface area is 46.3 Å². The summed E-state index contributed by atoms with van der Waals surface area (Å²) in [6, 6.07) is 0. The van der Waals surface area contributed by atoms with Gasteiger partial charge in [-0.05, 0) is 0 Å². The van der Waals surface area contributed by atoms with Crippen molar-refractivity contribution in [1.29, 1.82) is 0 Å². The molecule has 0 aliphatic heterocycles. The molecular formula is H4B2O6. The highest BCUT2D eigenvalue weighted by Crippen LogP contribution is 1.69.